The van der Waals surface area contributed by atoms with Crippen LogP contribution in [0.1, 0.15) is 43.4 Å². The van der Waals surface area contributed by atoms with Gasteiger partial charge in [0.2, 0.25) is 11.8 Å². The Hall–Kier alpha value is -1.20. The van der Waals surface area contributed by atoms with E-state index in [0.717, 1.165) is 30.9 Å². The molecule has 2 fully saturated rings. The third-order valence-corrected chi connectivity index (χ3v) is 6.22. The molecule has 5 heteroatoms. The topological polar surface area (TPSA) is 40.6 Å². The monoisotopic (exact) mass is 320 g/mol. The summed E-state index contributed by atoms with van der Waals surface area (Å²) >= 11 is 1.64. The first-order chi connectivity index (χ1) is 10.6. The minimum Gasteiger partial charge on any atom is -0.303 e. The van der Waals surface area contributed by atoms with Gasteiger partial charge in [0, 0.05) is 18.3 Å². The molecule has 0 saturated carbocycles. The van der Waals surface area contributed by atoms with Crippen LogP contribution in [0, 0.1) is 0 Å². The Bertz CT molecular complexity index is 537. The lowest BCUT2D eigenvalue weighted by atomic mass is 9.74. The van der Waals surface area contributed by atoms with Crippen molar-refractivity contribution in [3.8, 4) is 0 Å². The zero-order valence-corrected chi connectivity index (χ0v) is 14.0. The van der Waals surface area contributed by atoms with Crippen LogP contribution in [-0.4, -0.2) is 48.3 Å². The highest BCUT2D eigenvalue weighted by Crippen LogP contribution is 2.41. The van der Waals surface area contributed by atoms with Crippen LogP contribution in [0.25, 0.3) is 0 Å². The standard InChI is InChI=1S/C17H24N2O2S/c1-18-15(20)7-8-17(16(18)21,14-6-5-13-22-14)9-12-19-10-3-2-4-11-19/h5-6,13H,2-4,7-12H2,1H3/t17-/m0/s1. The number of likely N-dealkylation sites (N-methyl/N-ethyl adjacent to an activating group) is 1. The first-order valence-electron chi connectivity index (χ1n) is 8.21. The Balaban J connectivity index is 1.81. The number of rotatable bonds is 4. The molecule has 0 radical (unpaired) electrons. The first kappa shape index (κ1) is 15.7. The third-order valence-electron chi connectivity index (χ3n) is 5.15. The second-order valence-corrected chi connectivity index (χ2v) is 7.42. The molecule has 2 aliphatic rings. The van der Waals surface area contributed by atoms with E-state index in [1.165, 1.54) is 24.2 Å². The van der Waals surface area contributed by atoms with Gasteiger partial charge in [0.05, 0.1) is 5.41 Å². The number of hydrogen-bond acceptors (Lipinski definition) is 4. The Kier molecular flexibility index (Phi) is 4.64. The molecule has 1 aromatic heterocycles. The van der Waals surface area contributed by atoms with Gasteiger partial charge in [0.25, 0.3) is 0 Å². The summed E-state index contributed by atoms with van der Waals surface area (Å²) in [5.74, 6) is -0.0571. The van der Waals surface area contributed by atoms with Gasteiger partial charge in [-0.2, -0.15) is 0 Å². The molecular formula is C17H24N2O2S. The summed E-state index contributed by atoms with van der Waals surface area (Å²) in [4.78, 5) is 29.7. The molecule has 2 amide bonds. The number of nitrogens with zero attached hydrogens (tertiary/aromatic N) is 2. The molecule has 22 heavy (non-hydrogen) atoms. The number of carbonyl (C=O) groups excluding carboxylic acids is 2. The van der Waals surface area contributed by atoms with Crippen molar-refractivity contribution in [2.45, 2.75) is 43.9 Å². The predicted molar refractivity (Wildman–Crippen MR) is 87.9 cm³/mol. The third kappa shape index (κ3) is 2.84. The number of thiophene rings is 1. The van der Waals surface area contributed by atoms with E-state index in [9.17, 15) is 9.59 Å². The number of amides is 2. The van der Waals surface area contributed by atoms with E-state index in [4.69, 9.17) is 0 Å². The lowest BCUT2D eigenvalue weighted by molar-refractivity contribution is -0.152. The van der Waals surface area contributed by atoms with Gasteiger partial charge < -0.3 is 4.90 Å². The minimum atomic E-state index is -0.492. The number of piperidine rings is 2. The van der Waals surface area contributed by atoms with Gasteiger partial charge in [0.1, 0.15) is 0 Å². The number of imide groups is 1. The molecule has 120 valence electrons. The molecule has 2 aliphatic heterocycles. The molecule has 1 aromatic rings. The summed E-state index contributed by atoms with van der Waals surface area (Å²) < 4.78 is 0. The molecule has 3 rings (SSSR count). The second kappa shape index (κ2) is 6.50. The molecule has 1 atom stereocenters. The van der Waals surface area contributed by atoms with Crippen molar-refractivity contribution in [3.05, 3.63) is 22.4 Å². The van der Waals surface area contributed by atoms with Gasteiger partial charge in [-0.1, -0.05) is 12.5 Å². The van der Waals surface area contributed by atoms with E-state index in [0.29, 0.717) is 12.8 Å². The average molecular weight is 320 g/mol. The molecule has 2 saturated heterocycles. The minimum absolute atomic E-state index is 0.0109. The maximum absolute atomic E-state index is 12.9. The Labute approximate surface area is 136 Å². The fourth-order valence-corrected chi connectivity index (χ4v) is 4.67. The lowest BCUT2D eigenvalue weighted by Gasteiger charge is -2.40. The van der Waals surface area contributed by atoms with Crippen molar-refractivity contribution in [1.29, 1.82) is 0 Å². The van der Waals surface area contributed by atoms with Crippen LogP contribution in [-0.2, 0) is 15.0 Å². The molecule has 0 spiro atoms. The molecule has 0 unspecified atom stereocenters. The van der Waals surface area contributed by atoms with E-state index in [2.05, 4.69) is 11.0 Å². The van der Waals surface area contributed by atoms with Crippen molar-refractivity contribution in [2.75, 3.05) is 26.7 Å². The second-order valence-electron chi connectivity index (χ2n) is 6.47. The highest BCUT2D eigenvalue weighted by Gasteiger charge is 2.47. The van der Waals surface area contributed by atoms with Gasteiger partial charge in [-0.05, 0) is 56.8 Å². The fourth-order valence-electron chi connectivity index (χ4n) is 3.70. The smallest absolute Gasteiger partial charge is 0.240 e. The largest absolute Gasteiger partial charge is 0.303 e. The molecule has 0 N–H and O–H groups in total. The zero-order chi connectivity index (χ0) is 15.6. The van der Waals surface area contributed by atoms with Crippen molar-refractivity contribution in [2.24, 2.45) is 0 Å². The first-order valence-corrected chi connectivity index (χ1v) is 9.09. The average Bonchev–Trinajstić information content (AvgIpc) is 3.08. The van der Waals surface area contributed by atoms with Crippen LogP contribution < -0.4 is 0 Å². The van der Waals surface area contributed by atoms with Gasteiger partial charge in [0.15, 0.2) is 0 Å². The van der Waals surface area contributed by atoms with Crippen LogP contribution in [0.5, 0.6) is 0 Å². The highest BCUT2D eigenvalue weighted by molar-refractivity contribution is 7.10. The van der Waals surface area contributed by atoms with Crippen molar-refractivity contribution in [1.82, 2.24) is 9.80 Å². The number of carbonyl (C=O) groups is 2. The molecule has 0 bridgehead atoms. The van der Waals surface area contributed by atoms with E-state index in [-0.39, 0.29) is 11.8 Å². The maximum atomic E-state index is 12.9. The Morgan fingerprint density at radius 1 is 1.23 bits per heavy atom. The van der Waals surface area contributed by atoms with Crippen molar-refractivity contribution >= 4 is 23.2 Å². The maximum Gasteiger partial charge on any atom is 0.240 e. The fraction of sp³-hybridized carbons (Fsp3) is 0.647. The van der Waals surface area contributed by atoms with Crippen LogP contribution in [0.2, 0.25) is 0 Å². The summed E-state index contributed by atoms with van der Waals surface area (Å²) in [6, 6.07) is 4.06. The van der Waals surface area contributed by atoms with E-state index >= 15 is 0 Å². The van der Waals surface area contributed by atoms with Crippen LogP contribution >= 0.6 is 11.3 Å². The van der Waals surface area contributed by atoms with Gasteiger partial charge in [-0.15, -0.1) is 11.3 Å². The normalized spacial score (nSPS) is 27.4. The van der Waals surface area contributed by atoms with Crippen LogP contribution in [0.4, 0.5) is 0 Å². The summed E-state index contributed by atoms with van der Waals surface area (Å²) in [5, 5.41) is 2.03. The van der Waals surface area contributed by atoms with Crippen molar-refractivity contribution < 1.29 is 9.59 Å². The molecule has 4 nitrogen and oxygen atoms in total. The molecular weight excluding hydrogens is 296 g/mol. The van der Waals surface area contributed by atoms with E-state index in [1.807, 2.05) is 11.4 Å². The van der Waals surface area contributed by atoms with Gasteiger partial charge in [-0.25, -0.2) is 0 Å². The highest BCUT2D eigenvalue weighted by atomic mass is 32.1. The number of likely N-dealkylation sites (tertiary alicyclic amines) is 2. The Morgan fingerprint density at radius 3 is 2.68 bits per heavy atom. The zero-order valence-electron chi connectivity index (χ0n) is 13.2. The molecule has 0 aliphatic carbocycles. The summed E-state index contributed by atoms with van der Waals surface area (Å²) in [7, 11) is 1.63. The van der Waals surface area contributed by atoms with E-state index < -0.39 is 5.41 Å². The Morgan fingerprint density at radius 2 is 2.00 bits per heavy atom. The van der Waals surface area contributed by atoms with Gasteiger partial charge in [-0.3, -0.25) is 14.5 Å². The molecule has 3 heterocycles. The van der Waals surface area contributed by atoms with Crippen LogP contribution in [0.15, 0.2) is 17.5 Å². The molecule has 0 aromatic carbocycles. The van der Waals surface area contributed by atoms with Crippen molar-refractivity contribution in [3.63, 3.8) is 0 Å². The summed E-state index contributed by atoms with van der Waals surface area (Å²) in [5.41, 5.74) is -0.492. The quantitative estimate of drug-likeness (QED) is 0.801. The summed E-state index contributed by atoms with van der Waals surface area (Å²) in [6.07, 6.45) is 5.80. The van der Waals surface area contributed by atoms with E-state index in [1.54, 1.807) is 18.4 Å². The van der Waals surface area contributed by atoms with Gasteiger partial charge >= 0.3 is 0 Å². The lowest BCUT2D eigenvalue weighted by Crippen LogP contribution is -2.53. The SMILES string of the molecule is CN1C(=O)CC[C@](CCN2CCCCC2)(c2cccs2)C1=O. The summed E-state index contributed by atoms with van der Waals surface area (Å²) in [6.45, 7) is 3.23. The van der Waals surface area contributed by atoms with Crippen LogP contribution in [0.3, 0.4) is 0 Å². The predicted octanol–water partition coefficient (Wildman–Crippen LogP) is 2.64. The number of hydrogen-bond donors (Lipinski definition) is 0.